The molecule has 0 aliphatic heterocycles. The number of esters is 1. The van der Waals surface area contributed by atoms with Crippen molar-refractivity contribution in [3.63, 3.8) is 0 Å². The Labute approximate surface area is 122 Å². The molecule has 3 heteroatoms. The lowest BCUT2D eigenvalue weighted by Crippen LogP contribution is -2.23. The first-order valence-corrected chi connectivity index (χ1v) is 7.35. The molecule has 0 saturated carbocycles. The van der Waals surface area contributed by atoms with Crippen molar-refractivity contribution in [2.45, 2.75) is 46.1 Å². The molecule has 1 atom stereocenters. The van der Waals surface area contributed by atoms with E-state index in [1.54, 1.807) is 7.11 Å². The number of benzene rings is 1. The van der Waals surface area contributed by atoms with Gasteiger partial charge in [0.05, 0.1) is 12.2 Å². The van der Waals surface area contributed by atoms with Crippen LogP contribution in [0.4, 0.5) is 0 Å². The van der Waals surface area contributed by atoms with Gasteiger partial charge in [0.1, 0.15) is 6.10 Å². The fourth-order valence-corrected chi connectivity index (χ4v) is 1.98. The van der Waals surface area contributed by atoms with E-state index in [0.29, 0.717) is 18.1 Å². The number of methoxy groups -OCH3 is 1. The topological polar surface area (TPSA) is 35.5 Å². The lowest BCUT2D eigenvalue weighted by Gasteiger charge is -2.18. The first kappa shape index (κ1) is 16.7. The molecule has 1 aromatic carbocycles. The molecule has 1 aromatic rings. The zero-order valence-corrected chi connectivity index (χ0v) is 13.0. The third-order valence-electron chi connectivity index (χ3n) is 3.29. The average Bonchev–Trinajstić information content (AvgIpc) is 2.45. The van der Waals surface area contributed by atoms with Gasteiger partial charge in [0.25, 0.3) is 0 Å². The minimum absolute atomic E-state index is 0.166. The molecule has 0 saturated heterocycles. The van der Waals surface area contributed by atoms with Gasteiger partial charge in [0, 0.05) is 7.11 Å². The zero-order valence-electron chi connectivity index (χ0n) is 13.0. The summed E-state index contributed by atoms with van der Waals surface area (Å²) >= 11 is 0. The normalized spacial score (nSPS) is 12.4. The van der Waals surface area contributed by atoms with Gasteiger partial charge in [-0.3, -0.25) is 0 Å². The highest BCUT2D eigenvalue weighted by Crippen LogP contribution is 2.13. The number of ether oxygens (including phenoxy) is 2. The van der Waals surface area contributed by atoms with E-state index in [2.05, 4.69) is 20.8 Å². The summed E-state index contributed by atoms with van der Waals surface area (Å²) < 4.78 is 10.7. The van der Waals surface area contributed by atoms with E-state index in [-0.39, 0.29) is 12.1 Å². The maximum Gasteiger partial charge on any atom is 0.338 e. The van der Waals surface area contributed by atoms with Gasteiger partial charge in [-0.2, -0.15) is 0 Å². The number of aryl methyl sites for hydroxylation is 1. The molecule has 0 aliphatic carbocycles. The highest BCUT2D eigenvalue weighted by atomic mass is 16.6. The van der Waals surface area contributed by atoms with E-state index in [0.717, 1.165) is 19.3 Å². The lowest BCUT2D eigenvalue weighted by atomic mass is 10.1. The largest absolute Gasteiger partial charge is 0.456 e. The summed E-state index contributed by atoms with van der Waals surface area (Å²) in [6.45, 7) is 6.86. The highest BCUT2D eigenvalue weighted by molar-refractivity contribution is 5.89. The monoisotopic (exact) mass is 278 g/mol. The van der Waals surface area contributed by atoms with E-state index >= 15 is 0 Å². The maximum absolute atomic E-state index is 12.1. The molecule has 0 spiro atoms. The predicted molar refractivity (Wildman–Crippen MR) is 81.0 cm³/mol. The molecule has 112 valence electrons. The Morgan fingerprint density at radius 2 is 1.80 bits per heavy atom. The van der Waals surface area contributed by atoms with Crippen molar-refractivity contribution in [3.05, 3.63) is 35.4 Å². The molecule has 0 amide bonds. The van der Waals surface area contributed by atoms with Crippen LogP contribution < -0.4 is 0 Å². The van der Waals surface area contributed by atoms with Gasteiger partial charge in [0.15, 0.2) is 0 Å². The summed E-state index contributed by atoms with van der Waals surface area (Å²) in [5.41, 5.74) is 1.82. The molecule has 1 rings (SSSR count). The van der Waals surface area contributed by atoms with E-state index < -0.39 is 0 Å². The van der Waals surface area contributed by atoms with Crippen LogP contribution in [-0.2, 0) is 15.9 Å². The third-order valence-corrected chi connectivity index (χ3v) is 3.29. The minimum Gasteiger partial charge on any atom is -0.456 e. The fourth-order valence-electron chi connectivity index (χ4n) is 1.98. The van der Waals surface area contributed by atoms with Gasteiger partial charge in [-0.25, -0.2) is 4.79 Å². The van der Waals surface area contributed by atoms with Crippen LogP contribution in [0.15, 0.2) is 24.3 Å². The summed E-state index contributed by atoms with van der Waals surface area (Å²) in [6.07, 6.45) is 2.66. The number of rotatable bonds is 8. The van der Waals surface area contributed by atoms with Crippen molar-refractivity contribution in [2.75, 3.05) is 13.7 Å². The van der Waals surface area contributed by atoms with Crippen LogP contribution in [-0.4, -0.2) is 25.8 Å². The summed E-state index contributed by atoms with van der Waals surface area (Å²) in [6, 6.07) is 7.59. The zero-order chi connectivity index (χ0) is 15.0. The smallest absolute Gasteiger partial charge is 0.338 e. The van der Waals surface area contributed by atoms with Gasteiger partial charge in [-0.05, 0) is 42.9 Å². The second-order valence-electron chi connectivity index (χ2n) is 5.50. The molecule has 0 bridgehead atoms. The van der Waals surface area contributed by atoms with Gasteiger partial charge >= 0.3 is 5.97 Å². The molecule has 0 aromatic heterocycles. The van der Waals surface area contributed by atoms with E-state index in [1.807, 2.05) is 24.3 Å². The molecule has 0 fully saturated rings. The maximum atomic E-state index is 12.1. The number of carbonyl (C=O) groups excluding carboxylic acids is 1. The quantitative estimate of drug-likeness (QED) is 0.677. The van der Waals surface area contributed by atoms with Gasteiger partial charge in [-0.1, -0.05) is 32.9 Å². The van der Waals surface area contributed by atoms with Gasteiger partial charge in [0.2, 0.25) is 0 Å². The molecule has 1 unspecified atom stereocenters. The van der Waals surface area contributed by atoms with E-state index in [1.165, 1.54) is 5.56 Å². The SMILES string of the molecule is CCc1ccc(C(=O)OC(CCC(C)C)COC)cc1. The van der Waals surface area contributed by atoms with Crippen molar-refractivity contribution in [3.8, 4) is 0 Å². The van der Waals surface area contributed by atoms with Crippen LogP contribution in [0, 0.1) is 5.92 Å². The summed E-state index contributed by atoms with van der Waals surface area (Å²) in [4.78, 5) is 12.1. The first-order valence-electron chi connectivity index (χ1n) is 7.35. The van der Waals surface area contributed by atoms with Crippen LogP contribution in [0.25, 0.3) is 0 Å². The average molecular weight is 278 g/mol. The van der Waals surface area contributed by atoms with Crippen molar-refractivity contribution in [1.29, 1.82) is 0 Å². The standard InChI is InChI=1S/C17H26O3/c1-5-14-7-9-15(10-8-14)17(18)20-16(12-19-4)11-6-13(2)3/h7-10,13,16H,5-6,11-12H2,1-4H3. The molecular formula is C17H26O3. The Morgan fingerprint density at radius 3 is 2.30 bits per heavy atom. The van der Waals surface area contributed by atoms with Crippen LogP contribution in [0.3, 0.4) is 0 Å². The second-order valence-corrected chi connectivity index (χ2v) is 5.50. The third kappa shape index (κ3) is 5.74. The van der Waals surface area contributed by atoms with E-state index in [9.17, 15) is 4.79 Å². The van der Waals surface area contributed by atoms with Crippen LogP contribution in [0.1, 0.15) is 49.5 Å². The number of carbonyl (C=O) groups is 1. The molecule has 3 nitrogen and oxygen atoms in total. The van der Waals surface area contributed by atoms with E-state index in [4.69, 9.17) is 9.47 Å². The molecule has 0 radical (unpaired) electrons. The minimum atomic E-state index is -0.265. The Bertz CT molecular complexity index is 395. The van der Waals surface area contributed by atoms with Crippen LogP contribution >= 0.6 is 0 Å². The molecule has 0 heterocycles. The summed E-state index contributed by atoms with van der Waals surface area (Å²) in [7, 11) is 1.63. The van der Waals surface area contributed by atoms with Crippen molar-refractivity contribution in [2.24, 2.45) is 5.92 Å². The predicted octanol–water partition coefficient (Wildman–Crippen LogP) is 3.86. The Balaban J connectivity index is 2.59. The first-order chi connectivity index (χ1) is 9.56. The molecular weight excluding hydrogens is 252 g/mol. The second kappa shape index (κ2) is 8.75. The lowest BCUT2D eigenvalue weighted by molar-refractivity contribution is 0.00156. The van der Waals surface area contributed by atoms with Crippen LogP contribution in [0.2, 0.25) is 0 Å². The fraction of sp³-hybridized carbons (Fsp3) is 0.588. The van der Waals surface area contributed by atoms with Crippen molar-refractivity contribution in [1.82, 2.24) is 0 Å². The summed E-state index contributed by atoms with van der Waals surface area (Å²) in [5.74, 6) is 0.329. The Kier molecular flexibility index (Phi) is 7.31. The van der Waals surface area contributed by atoms with Crippen molar-refractivity contribution < 1.29 is 14.3 Å². The molecule has 0 N–H and O–H groups in total. The number of hydrogen-bond acceptors (Lipinski definition) is 3. The van der Waals surface area contributed by atoms with Crippen molar-refractivity contribution >= 4 is 5.97 Å². The highest BCUT2D eigenvalue weighted by Gasteiger charge is 2.16. The van der Waals surface area contributed by atoms with Gasteiger partial charge in [-0.15, -0.1) is 0 Å². The van der Waals surface area contributed by atoms with Crippen LogP contribution in [0.5, 0.6) is 0 Å². The Morgan fingerprint density at radius 1 is 1.15 bits per heavy atom. The molecule has 0 aliphatic rings. The number of hydrogen-bond donors (Lipinski definition) is 0. The van der Waals surface area contributed by atoms with Gasteiger partial charge < -0.3 is 9.47 Å². The summed E-state index contributed by atoms with van der Waals surface area (Å²) in [5, 5.41) is 0. The Hall–Kier alpha value is -1.35. The molecule has 20 heavy (non-hydrogen) atoms.